The van der Waals surface area contributed by atoms with Gasteiger partial charge in [0.05, 0.1) is 0 Å². The van der Waals surface area contributed by atoms with Gasteiger partial charge in [-0.15, -0.1) is 0 Å². The molecule has 0 aromatic rings. The monoisotopic (exact) mass is 298 g/mol. The van der Waals surface area contributed by atoms with E-state index in [0.717, 1.165) is 25.9 Å². The molecule has 0 radical (unpaired) electrons. The molecule has 4 nitrogen and oxygen atoms in total. The quantitative estimate of drug-likeness (QED) is 0.858. The summed E-state index contributed by atoms with van der Waals surface area (Å²) in [5, 5.41) is 3.69. The second-order valence-corrected chi connectivity index (χ2v) is 7.82. The van der Waals surface area contributed by atoms with Crippen LogP contribution in [-0.4, -0.2) is 41.8 Å². The zero-order valence-corrected chi connectivity index (χ0v) is 14.7. The Hall–Kier alpha value is -0.770. The van der Waals surface area contributed by atoms with Gasteiger partial charge in [0.15, 0.2) is 0 Å². The van der Waals surface area contributed by atoms with Crippen molar-refractivity contribution in [2.75, 3.05) is 13.1 Å². The molecular formula is C17H34N2O2. The van der Waals surface area contributed by atoms with E-state index in [2.05, 4.69) is 26.1 Å². The molecule has 0 aromatic heterocycles. The predicted octanol–water partition coefficient (Wildman–Crippen LogP) is 3.80. The molecule has 21 heavy (non-hydrogen) atoms. The molecule has 1 rings (SSSR count). The number of nitrogens with zero attached hydrogens (tertiary/aromatic N) is 1. The number of carbonyl (C=O) groups excluding carboxylic acids is 1. The number of rotatable bonds is 4. The fourth-order valence-electron chi connectivity index (χ4n) is 2.95. The van der Waals surface area contributed by atoms with Gasteiger partial charge in [-0.05, 0) is 52.9 Å². The number of nitrogens with one attached hydrogen (secondary N) is 1. The number of hydrogen-bond donors (Lipinski definition) is 1. The summed E-state index contributed by atoms with van der Waals surface area (Å²) in [7, 11) is 0. The van der Waals surface area contributed by atoms with Crippen LogP contribution in [0.4, 0.5) is 4.79 Å². The third-order valence-electron chi connectivity index (χ3n) is 3.67. The number of carbonyl (C=O) groups is 1. The Morgan fingerprint density at radius 2 is 1.95 bits per heavy atom. The summed E-state index contributed by atoms with van der Waals surface area (Å²) in [5.41, 5.74) is -0.419. The summed E-state index contributed by atoms with van der Waals surface area (Å²) in [4.78, 5) is 14.1. The lowest BCUT2D eigenvalue weighted by Gasteiger charge is -2.30. The van der Waals surface area contributed by atoms with Gasteiger partial charge in [0.25, 0.3) is 0 Å². The van der Waals surface area contributed by atoms with E-state index in [9.17, 15) is 4.79 Å². The molecule has 1 aliphatic rings. The zero-order valence-electron chi connectivity index (χ0n) is 14.7. The first kappa shape index (κ1) is 18.3. The van der Waals surface area contributed by atoms with Gasteiger partial charge in [0.1, 0.15) is 5.60 Å². The van der Waals surface area contributed by atoms with Crippen LogP contribution >= 0.6 is 0 Å². The van der Waals surface area contributed by atoms with Crippen molar-refractivity contribution in [2.24, 2.45) is 5.92 Å². The Balaban J connectivity index is 2.54. The van der Waals surface area contributed by atoms with E-state index < -0.39 is 5.60 Å². The lowest BCUT2D eigenvalue weighted by Crippen LogP contribution is -2.47. The molecule has 1 heterocycles. The van der Waals surface area contributed by atoms with Gasteiger partial charge in [-0.1, -0.05) is 20.3 Å². The summed E-state index contributed by atoms with van der Waals surface area (Å²) >= 11 is 0. The first-order valence-corrected chi connectivity index (χ1v) is 8.41. The Morgan fingerprint density at radius 3 is 2.52 bits per heavy atom. The van der Waals surface area contributed by atoms with Gasteiger partial charge in [0.2, 0.25) is 0 Å². The number of ether oxygens (including phenoxy) is 1. The average Bonchev–Trinajstić information content (AvgIpc) is 2.51. The summed E-state index contributed by atoms with van der Waals surface area (Å²) in [6, 6.07) is 0.877. The minimum Gasteiger partial charge on any atom is -0.444 e. The molecule has 0 aliphatic carbocycles. The molecular weight excluding hydrogens is 264 g/mol. The lowest BCUT2D eigenvalue weighted by atomic mass is 10.0. The fourth-order valence-corrected chi connectivity index (χ4v) is 2.95. The molecule has 4 heteroatoms. The van der Waals surface area contributed by atoms with Crippen molar-refractivity contribution in [3.05, 3.63) is 0 Å². The van der Waals surface area contributed by atoms with Gasteiger partial charge in [-0.2, -0.15) is 0 Å². The molecule has 1 aliphatic heterocycles. The SMILES string of the molecule is CC(C)CC(C)NC1CCCCN(C(=O)OC(C)(C)C)C1. The predicted molar refractivity (Wildman–Crippen MR) is 87.5 cm³/mol. The van der Waals surface area contributed by atoms with Crippen molar-refractivity contribution < 1.29 is 9.53 Å². The minimum absolute atomic E-state index is 0.173. The highest BCUT2D eigenvalue weighted by molar-refractivity contribution is 5.68. The van der Waals surface area contributed by atoms with E-state index in [1.807, 2.05) is 25.7 Å². The lowest BCUT2D eigenvalue weighted by molar-refractivity contribution is 0.0241. The third-order valence-corrected chi connectivity index (χ3v) is 3.67. The van der Waals surface area contributed by atoms with Gasteiger partial charge < -0.3 is 15.0 Å². The maximum atomic E-state index is 12.3. The molecule has 2 atom stereocenters. The Kier molecular flexibility index (Phi) is 6.98. The summed E-state index contributed by atoms with van der Waals surface area (Å²) in [6.45, 7) is 14.1. The minimum atomic E-state index is -0.419. The van der Waals surface area contributed by atoms with Gasteiger partial charge in [-0.25, -0.2) is 4.79 Å². The van der Waals surface area contributed by atoms with Gasteiger partial charge in [-0.3, -0.25) is 0 Å². The number of amides is 1. The first-order valence-electron chi connectivity index (χ1n) is 8.41. The molecule has 1 amide bonds. The highest BCUT2D eigenvalue weighted by Crippen LogP contribution is 2.16. The Labute approximate surface area is 130 Å². The largest absolute Gasteiger partial charge is 0.444 e. The van der Waals surface area contributed by atoms with Crippen molar-refractivity contribution >= 4 is 6.09 Å². The highest BCUT2D eigenvalue weighted by Gasteiger charge is 2.26. The summed E-state index contributed by atoms with van der Waals surface area (Å²) in [6.07, 6.45) is 4.37. The van der Waals surface area contributed by atoms with E-state index in [1.165, 1.54) is 12.8 Å². The molecule has 1 fully saturated rings. The second-order valence-electron chi connectivity index (χ2n) is 7.82. The molecule has 0 aromatic carbocycles. The van der Waals surface area contributed by atoms with E-state index in [0.29, 0.717) is 18.0 Å². The third kappa shape index (κ3) is 7.70. The van der Waals surface area contributed by atoms with Crippen molar-refractivity contribution in [1.29, 1.82) is 0 Å². The van der Waals surface area contributed by atoms with Crippen LogP contribution in [0.2, 0.25) is 0 Å². The molecule has 124 valence electrons. The van der Waals surface area contributed by atoms with Crippen LogP contribution in [-0.2, 0) is 4.74 Å². The molecule has 2 unspecified atom stereocenters. The second kappa shape index (κ2) is 8.02. The van der Waals surface area contributed by atoms with Crippen molar-refractivity contribution in [2.45, 2.75) is 84.9 Å². The highest BCUT2D eigenvalue weighted by atomic mass is 16.6. The van der Waals surface area contributed by atoms with Crippen LogP contribution in [0.15, 0.2) is 0 Å². The van der Waals surface area contributed by atoms with Crippen LogP contribution in [0.5, 0.6) is 0 Å². The summed E-state index contributed by atoms with van der Waals surface area (Å²) < 4.78 is 5.51. The van der Waals surface area contributed by atoms with Gasteiger partial charge >= 0.3 is 6.09 Å². The van der Waals surface area contributed by atoms with E-state index >= 15 is 0 Å². The molecule has 0 saturated carbocycles. The van der Waals surface area contributed by atoms with Crippen LogP contribution in [0.3, 0.4) is 0 Å². The van der Waals surface area contributed by atoms with Crippen LogP contribution in [0.25, 0.3) is 0 Å². The zero-order chi connectivity index (χ0) is 16.0. The van der Waals surface area contributed by atoms with E-state index in [4.69, 9.17) is 4.74 Å². The Morgan fingerprint density at radius 1 is 1.29 bits per heavy atom. The number of hydrogen-bond acceptors (Lipinski definition) is 3. The maximum absolute atomic E-state index is 12.3. The average molecular weight is 298 g/mol. The normalized spacial score (nSPS) is 22.0. The summed E-state index contributed by atoms with van der Waals surface area (Å²) in [5.74, 6) is 0.695. The van der Waals surface area contributed by atoms with Crippen molar-refractivity contribution in [1.82, 2.24) is 10.2 Å². The van der Waals surface area contributed by atoms with E-state index in [-0.39, 0.29) is 6.09 Å². The molecule has 0 spiro atoms. The standard InChI is InChI=1S/C17H34N2O2/c1-13(2)11-14(3)18-15-9-7-8-10-19(12-15)16(20)21-17(4,5)6/h13-15,18H,7-12H2,1-6H3. The van der Waals surface area contributed by atoms with E-state index in [1.54, 1.807) is 0 Å². The maximum Gasteiger partial charge on any atom is 0.410 e. The van der Waals surface area contributed by atoms with Crippen molar-refractivity contribution in [3.63, 3.8) is 0 Å². The van der Waals surface area contributed by atoms with Crippen LogP contribution < -0.4 is 5.32 Å². The smallest absolute Gasteiger partial charge is 0.410 e. The molecule has 1 saturated heterocycles. The molecule has 1 N–H and O–H groups in total. The van der Waals surface area contributed by atoms with Crippen LogP contribution in [0.1, 0.15) is 67.2 Å². The topological polar surface area (TPSA) is 41.6 Å². The van der Waals surface area contributed by atoms with Gasteiger partial charge in [0, 0.05) is 25.2 Å². The Bertz CT molecular complexity index is 323. The fraction of sp³-hybridized carbons (Fsp3) is 0.941. The molecule has 0 bridgehead atoms. The van der Waals surface area contributed by atoms with Crippen molar-refractivity contribution in [3.8, 4) is 0 Å². The first-order chi connectivity index (χ1) is 9.67. The van der Waals surface area contributed by atoms with Crippen LogP contribution in [0, 0.1) is 5.92 Å². The number of likely N-dealkylation sites (tertiary alicyclic amines) is 1.